The zero-order chi connectivity index (χ0) is 18.1. The minimum atomic E-state index is -4.36. The minimum Gasteiger partial charge on any atom is -0.380 e. The Morgan fingerprint density at radius 1 is 1.12 bits per heavy atom. The molecule has 132 valence electrons. The van der Waals surface area contributed by atoms with Gasteiger partial charge in [-0.1, -0.05) is 30.3 Å². The number of alkyl halides is 3. The number of carbonyl (C=O) groups is 1. The van der Waals surface area contributed by atoms with Crippen molar-refractivity contribution in [2.24, 2.45) is 0 Å². The second-order valence-corrected chi connectivity index (χ2v) is 6.22. The van der Waals surface area contributed by atoms with E-state index >= 15 is 0 Å². The maximum Gasteiger partial charge on any atom is 0.416 e. The van der Waals surface area contributed by atoms with Gasteiger partial charge in [0.2, 0.25) is 0 Å². The van der Waals surface area contributed by atoms with Crippen LogP contribution in [0, 0.1) is 0 Å². The SMILES string of the molecule is O=C(CCc1ccc(C(F)(F)F)cc1)c1cccc(C2(O)COC2)c1. The summed E-state index contributed by atoms with van der Waals surface area (Å²) in [6, 6.07) is 11.6. The average Bonchev–Trinajstić information content (AvgIpc) is 2.57. The molecule has 0 amide bonds. The van der Waals surface area contributed by atoms with E-state index < -0.39 is 17.3 Å². The number of halogens is 3. The standard InChI is InChI=1S/C19H17F3O3/c20-19(21,22)15-7-4-13(5-8-15)6-9-17(23)14-2-1-3-16(10-14)18(24)11-25-12-18/h1-5,7-8,10,24H,6,9,11-12H2. The van der Waals surface area contributed by atoms with Gasteiger partial charge in [0.05, 0.1) is 18.8 Å². The van der Waals surface area contributed by atoms with Crippen LogP contribution in [0.3, 0.4) is 0 Å². The zero-order valence-corrected chi connectivity index (χ0v) is 13.3. The van der Waals surface area contributed by atoms with Gasteiger partial charge in [-0.25, -0.2) is 0 Å². The summed E-state index contributed by atoms with van der Waals surface area (Å²) in [6.45, 7) is 0.409. The molecule has 3 rings (SSSR count). The van der Waals surface area contributed by atoms with Crippen molar-refractivity contribution in [2.75, 3.05) is 13.2 Å². The van der Waals surface area contributed by atoms with E-state index in [0.717, 1.165) is 12.1 Å². The molecule has 0 unspecified atom stereocenters. The molecule has 1 saturated heterocycles. The summed E-state index contributed by atoms with van der Waals surface area (Å²) in [5, 5.41) is 10.3. The molecule has 25 heavy (non-hydrogen) atoms. The van der Waals surface area contributed by atoms with Crippen molar-refractivity contribution in [1.29, 1.82) is 0 Å². The van der Waals surface area contributed by atoms with E-state index in [4.69, 9.17) is 4.74 Å². The molecule has 0 bridgehead atoms. The second-order valence-electron chi connectivity index (χ2n) is 6.22. The molecule has 1 N–H and O–H groups in total. The second kappa shape index (κ2) is 6.61. The highest BCUT2D eigenvalue weighted by molar-refractivity contribution is 5.96. The van der Waals surface area contributed by atoms with Gasteiger partial charge in [0.15, 0.2) is 5.78 Å². The van der Waals surface area contributed by atoms with Gasteiger partial charge in [-0.2, -0.15) is 13.2 Å². The number of aliphatic hydroxyl groups is 1. The molecule has 2 aromatic carbocycles. The molecule has 0 atom stereocenters. The van der Waals surface area contributed by atoms with Crippen molar-refractivity contribution >= 4 is 5.78 Å². The van der Waals surface area contributed by atoms with Crippen LogP contribution in [0.4, 0.5) is 13.2 Å². The number of Topliss-reactive ketones (excluding diaryl/α,β-unsaturated/α-hetero) is 1. The number of ketones is 1. The van der Waals surface area contributed by atoms with Gasteiger partial charge < -0.3 is 9.84 Å². The molecule has 1 aliphatic heterocycles. The molecule has 3 nitrogen and oxygen atoms in total. The monoisotopic (exact) mass is 350 g/mol. The first-order chi connectivity index (χ1) is 11.8. The highest BCUT2D eigenvalue weighted by atomic mass is 19.4. The molecule has 0 aliphatic carbocycles. The van der Waals surface area contributed by atoms with Crippen molar-refractivity contribution in [3.8, 4) is 0 Å². The van der Waals surface area contributed by atoms with Gasteiger partial charge in [0.25, 0.3) is 0 Å². The quantitative estimate of drug-likeness (QED) is 0.836. The highest BCUT2D eigenvalue weighted by Crippen LogP contribution is 2.30. The first-order valence-corrected chi connectivity index (χ1v) is 7.88. The van der Waals surface area contributed by atoms with Crippen LogP contribution < -0.4 is 0 Å². The maximum atomic E-state index is 12.5. The molecule has 0 spiro atoms. The van der Waals surface area contributed by atoms with Gasteiger partial charge in [-0.15, -0.1) is 0 Å². The van der Waals surface area contributed by atoms with Crippen LogP contribution in [-0.2, 0) is 22.9 Å². The van der Waals surface area contributed by atoms with Crippen LogP contribution in [0.1, 0.15) is 33.5 Å². The Hall–Kier alpha value is -2.18. The summed E-state index contributed by atoms with van der Waals surface area (Å²) < 4.78 is 42.6. The maximum absolute atomic E-state index is 12.5. The number of hydrogen-bond acceptors (Lipinski definition) is 3. The van der Waals surface area contributed by atoms with Crippen LogP contribution in [0.5, 0.6) is 0 Å². The van der Waals surface area contributed by atoms with Gasteiger partial charge in [-0.3, -0.25) is 4.79 Å². The van der Waals surface area contributed by atoms with E-state index in [-0.39, 0.29) is 25.4 Å². The normalized spacial score (nSPS) is 16.3. The average molecular weight is 350 g/mol. The van der Waals surface area contributed by atoms with E-state index in [1.807, 2.05) is 0 Å². The fourth-order valence-electron chi connectivity index (χ4n) is 2.71. The topological polar surface area (TPSA) is 46.5 Å². The number of carbonyl (C=O) groups excluding carboxylic acids is 1. The Balaban J connectivity index is 1.64. The lowest BCUT2D eigenvalue weighted by molar-refractivity contribution is -0.184. The lowest BCUT2D eigenvalue weighted by Gasteiger charge is -2.36. The van der Waals surface area contributed by atoms with E-state index in [9.17, 15) is 23.1 Å². The lowest BCUT2D eigenvalue weighted by Crippen LogP contribution is -2.46. The Labute approximate surface area is 143 Å². The van der Waals surface area contributed by atoms with Crippen LogP contribution >= 0.6 is 0 Å². The fraction of sp³-hybridized carbons (Fsp3) is 0.316. The molecular weight excluding hydrogens is 333 g/mol. The Morgan fingerprint density at radius 2 is 1.80 bits per heavy atom. The van der Waals surface area contributed by atoms with E-state index in [2.05, 4.69) is 0 Å². The van der Waals surface area contributed by atoms with Crippen molar-refractivity contribution in [3.63, 3.8) is 0 Å². The third-order valence-electron chi connectivity index (χ3n) is 4.33. The van der Waals surface area contributed by atoms with Crippen molar-refractivity contribution in [1.82, 2.24) is 0 Å². The Bertz CT molecular complexity index is 762. The molecular formula is C19H17F3O3. The van der Waals surface area contributed by atoms with E-state index in [0.29, 0.717) is 23.1 Å². The lowest BCUT2D eigenvalue weighted by atomic mass is 9.90. The van der Waals surface area contributed by atoms with E-state index in [1.165, 1.54) is 12.1 Å². The van der Waals surface area contributed by atoms with Gasteiger partial charge in [0.1, 0.15) is 5.60 Å². The van der Waals surface area contributed by atoms with E-state index in [1.54, 1.807) is 24.3 Å². The summed E-state index contributed by atoms with van der Waals surface area (Å²) in [4.78, 5) is 12.3. The largest absolute Gasteiger partial charge is 0.416 e. The first kappa shape index (κ1) is 17.6. The molecule has 0 saturated carbocycles. The predicted octanol–water partition coefficient (Wildman–Crippen LogP) is 3.74. The van der Waals surface area contributed by atoms with Crippen molar-refractivity contribution in [3.05, 3.63) is 70.8 Å². The molecule has 1 aliphatic rings. The van der Waals surface area contributed by atoms with Crippen molar-refractivity contribution < 1.29 is 27.8 Å². The van der Waals surface area contributed by atoms with Gasteiger partial charge >= 0.3 is 6.18 Å². The first-order valence-electron chi connectivity index (χ1n) is 7.88. The van der Waals surface area contributed by atoms with Crippen LogP contribution in [0.2, 0.25) is 0 Å². The summed E-state index contributed by atoms with van der Waals surface area (Å²) in [7, 11) is 0. The Kier molecular flexibility index (Phi) is 4.67. The third kappa shape index (κ3) is 3.91. The van der Waals surface area contributed by atoms with Crippen molar-refractivity contribution in [2.45, 2.75) is 24.6 Å². The Morgan fingerprint density at radius 3 is 2.36 bits per heavy atom. The van der Waals surface area contributed by atoms with Crippen LogP contribution in [0.15, 0.2) is 48.5 Å². The van der Waals surface area contributed by atoms with Gasteiger partial charge in [0, 0.05) is 12.0 Å². The molecule has 2 aromatic rings. The molecule has 0 radical (unpaired) electrons. The van der Waals surface area contributed by atoms with Crippen LogP contribution in [-0.4, -0.2) is 24.1 Å². The molecule has 6 heteroatoms. The highest BCUT2D eigenvalue weighted by Gasteiger charge is 2.38. The number of benzene rings is 2. The number of hydrogen-bond donors (Lipinski definition) is 1. The van der Waals surface area contributed by atoms with Gasteiger partial charge in [-0.05, 0) is 35.7 Å². The zero-order valence-electron chi connectivity index (χ0n) is 13.3. The third-order valence-corrected chi connectivity index (χ3v) is 4.33. The number of rotatable bonds is 5. The van der Waals surface area contributed by atoms with Crippen LogP contribution in [0.25, 0.3) is 0 Å². The fourth-order valence-corrected chi connectivity index (χ4v) is 2.71. The minimum absolute atomic E-state index is 0.120. The summed E-state index contributed by atoms with van der Waals surface area (Å²) in [5.74, 6) is -0.120. The number of aryl methyl sites for hydroxylation is 1. The molecule has 1 heterocycles. The molecule has 0 aromatic heterocycles. The smallest absolute Gasteiger partial charge is 0.380 e. The summed E-state index contributed by atoms with van der Waals surface area (Å²) in [6.07, 6.45) is -3.82. The summed E-state index contributed by atoms with van der Waals surface area (Å²) >= 11 is 0. The molecule has 1 fully saturated rings. The number of ether oxygens (including phenoxy) is 1. The summed E-state index contributed by atoms with van der Waals surface area (Å²) in [5.41, 5.74) is 0.0441. The predicted molar refractivity (Wildman–Crippen MR) is 85.3 cm³/mol.